The minimum absolute atomic E-state index is 0.219. The molecule has 0 aliphatic carbocycles. The highest BCUT2D eigenvalue weighted by molar-refractivity contribution is 7.98. The number of nitrogens with one attached hydrogen (secondary N) is 1. The zero-order chi connectivity index (χ0) is 14.6. The molecule has 1 N–H and O–H groups in total. The maximum Gasteiger partial charge on any atom is 0.133 e. The Hall–Kier alpha value is -0.810. The summed E-state index contributed by atoms with van der Waals surface area (Å²) in [5, 5.41) is 4.66. The Morgan fingerprint density at radius 3 is 2.60 bits per heavy atom. The molecule has 0 saturated carbocycles. The monoisotopic (exact) mass is 294 g/mol. The molecule has 0 unspecified atom stereocenters. The smallest absolute Gasteiger partial charge is 0.133 e. The highest BCUT2D eigenvalue weighted by atomic mass is 32.2. The van der Waals surface area contributed by atoms with Gasteiger partial charge in [-0.05, 0) is 52.3 Å². The molecule has 0 bridgehead atoms. The quantitative estimate of drug-likeness (QED) is 0.683. The number of thioether (sulfide) groups is 1. The average molecular weight is 294 g/mol. The first-order valence-electron chi connectivity index (χ1n) is 7.34. The van der Waals surface area contributed by atoms with Crippen LogP contribution in [0, 0.1) is 5.92 Å². The predicted molar refractivity (Wildman–Crippen MR) is 86.5 cm³/mol. The topological polar surface area (TPSA) is 41.0 Å². The van der Waals surface area contributed by atoms with E-state index in [1.165, 1.54) is 12.8 Å². The molecule has 0 atom stereocenters. The van der Waals surface area contributed by atoms with Crippen LogP contribution in [0.1, 0.15) is 33.6 Å². The molecule has 1 aliphatic heterocycles. The lowest BCUT2D eigenvalue weighted by Gasteiger charge is -2.34. The molecule has 20 heavy (non-hydrogen) atoms. The Morgan fingerprint density at radius 1 is 1.30 bits per heavy atom. The third-order valence-electron chi connectivity index (χ3n) is 3.70. The van der Waals surface area contributed by atoms with Gasteiger partial charge in [0, 0.05) is 24.7 Å². The van der Waals surface area contributed by atoms with Crippen molar-refractivity contribution in [3.63, 3.8) is 0 Å². The predicted octanol–water partition coefficient (Wildman–Crippen LogP) is 2.80. The van der Waals surface area contributed by atoms with Crippen LogP contribution in [0.25, 0.3) is 0 Å². The molecule has 2 rings (SSSR count). The van der Waals surface area contributed by atoms with E-state index in [2.05, 4.69) is 53.3 Å². The van der Waals surface area contributed by atoms with Gasteiger partial charge in [0.15, 0.2) is 0 Å². The molecule has 0 radical (unpaired) electrons. The summed E-state index contributed by atoms with van der Waals surface area (Å²) < 4.78 is 0. The zero-order valence-corrected chi connectivity index (χ0v) is 13.8. The van der Waals surface area contributed by atoms with Crippen LogP contribution in [0.4, 0.5) is 5.82 Å². The van der Waals surface area contributed by atoms with E-state index in [-0.39, 0.29) is 5.54 Å². The molecule has 1 aliphatic rings. The summed E-state index contributed by atoms with van der Waals surface area (Å²) in [6.45, 7) is 10.0. The van der Waals surface area contributed by atoms with Crippen molar-refractivity contribution in [1.29, 1.82) is 0 Å². The number of rotatable bonds is 4. The highest BCUT2D eigenvalue weighted by Crippen LogP contribution is 2.23. The van der Waals surface area contributed by atoms with E-state index < -0.39 is 0 Å². The van der Waals surface area contributed by atoms with Crippen LogP contribution in [0.15, 0.2) is 17.4 Å². The van der Waals surface area contributed by atoms with Gasteiger partial charge in [0.1, 0.15) is 17.2 Å². The molecule has 1 aromatic heterocycles. The van der Waals surface area contributed by atoms with Gasteiger partial charge in [-0.3, -0.25) is 0 Å². The van der Waals surface area contributed by atoms with Gasteiger partial charge in [0.25, 0.3) is 0 Å². The Labute approximate surface area is 126 Å². The summed E-state index contributed by atoms with van der Waals surface area (Å²) in [6.07, 6.45) is 6.20. The second-order valence-electron chi connectivity index (χ2n) is 6.48. The summed E-state index contributed by atoms with van der Waals surface area (Å²) in [4.78, 5) is 11.0. The van der Waals surface area contributed by atoms with Gasteiger partial charge in [0.05, 0.1) is 0 Å². The Morgan fingerprint density at radius 2 is 2.00 bits per heavy atom. The SMILES string of the molecule is CSc1cc(N2CCC(CNC(C)(C)C)CC2)ncn1. The number of hydrogen-bond acceptors (Lipinski definition) is 5. The number of anilines is 1. The molecule has 1 fully saturated rings. The molecule has 0 amide bonds. The van der Waals surface area contributed by atoms with Crippen LogP contribution < -0.4 is 10.2 Å². The first-order chi connectivity index (χ1) is 9.48. The lowest BCUT2D eigenvalue weighted by atomic mass is 9.95. The van der Waals surface area contributed by atoms with Crippen molar-refractivity contribution in [3.8, 4) is 0 Å². The van der Waals surface area contributed by atoms with Crippen molar-refractivity contribution in [3.05, 3.63) is 12.4 Å². The molecule has 1 saturated heterocycles. The van der Waals surface area contributed by atoms with Crippen molar-refractivity contribution in [2.45, 2.75) is 44.2 Å². The fourth-order valence-corrected chi connectivity index (χ4v) is 2.81. The first-order valence-corrected chi connectivity index (χ1v) is 8.56. The van der Waals surface area contributed by atoms with Crippen LogP contribution in [0.5, 0.6) is 0 Å². The molecule has 112 valence electrons. The summed E-state index contributed by atoms with van der Waals surface area (Å²) in [5.41, 5.74) is 0.219. The maximum absolute atomic E-state index is 4.41. The van der Waals surface area contributed by atoms with E-state index >= 15 is 0 Å². The van der Waals surface area contributed by atoms with E-state index in [1.54, 1.807) is 18.1 Å². The van der Waals surface area contributed by atoms with Crippen LogP contribution >= 0.6 is 11.8 Å². The molecule has 1 aromatic rings. The van der Waals surface area contributed by atoms with Crippen LogP contribution in [0.2, 0.25) is 0 Å². The number of hydrogen-bond donors (Lipinski definition) is 1. The summed E-state index contributed by atoms with van der Waals surface area (Å²) >= 11 is 1.67. The van der Waals surface area contributed by atoms with Crippen molar-refractivity contribution < 1.29 is 0 Å². The zero-order valence-electron chi connectivity index (χ0n) is 13.0. The number of nitrogens with zero attached hydrogens (tertiary/aromatic N) is 3. The van der Waals surface area contributed by atoms with Gasteiger partial charge in [0.2, 0.25) is 0 Å². The van der Waals surface area contributed by atoms with Gasteiger partial charge < -0.3 is 10.2 Å². The van der Waals surface area contributed by atoms with Gasteiger partial charge in [-0.2, -0.15) is 0 Å². The van der Waals surface area contributed by atoms with Crippen molar-refractivity contribution in [2.75, 3.05) is 30.8 Å². The normalized spacial score (nSPS) is 17.5. The Bertz CT molecular complexity index is 422. The standard InChI is InChI=1S/C15H26N4S/c1-15(2,3)18-10-12-5-7-19(8-6-12)13-9-14(20-4)17-11-16-13/h9,11-12,18H,5-8,10H2,1-4H3. The van der Waals surface area contributed by atoms with Crippen LogP contribution in [0.3, 0.4) is 0 Å². The van der Waals surface area contributed by atoms with Crippen LogP contribution in [-0.4, -0.2) is 41.4 Å². The van der Waals surface area contributed by atoms with E-state index in [4.69, 9.17) is 0 Å². The van der Waals surface area contributed by atoms with Crippen LogP contribution in [-0.2, 0) is 0 Å². The molecule has 2 heterocycles. The van der Waals surface area contributed by atoms with E-state index in [9.17, 15) is 0 Å². The lowest BCUT2D eigenvalue weighted by Crippen LogP contribution is -2.43. The Balaban J connectivity index is 1.84. The molecule has 0 aromatic carbocycles. The van der Waals surface area contributed by atoms with Crippen molar-refractivity contribution in [2.24, 2.45) is 5.92 Å². The fourth-order valence-electron chi connectivity index (χ4n) is 2.43. The minimum Gasteiger partial charge on any atom is -0.356 e. The fraction of sp³-hybridized carbons (Fsp3) is 0.733. The molecule has 5 heteroatoms. The summed E-state index contributed by atoms with van der Waals surface area (Å²) in [5.74, 6) is 1.86. The second kappa shape index (κ2) is 6.76. The third kappa shape index (κ3) is 4.63. The molecule has 4 nitrogen and oxygen atoms in total. The number of aromatic nitrogens is 2. The van der Waals surface area contributed by atoms with Gasteiger partial charge in [-0.1, -0.05) is 0 Å². The van der Waals surface area contributed by atoms with Gasteiger partial charge >= 0.3 is 0 Å². The van der Waals surface area contributed by atoms with Crippen molar-refractivity contribution >= 4 is 17.6 Å². The molecule has 0 spiro atoms. The first kappa shape index (κ1) is 15.6. The van der Waals surface area contributed by atoms with Gasteiger partial charge in [-0.15, -0.1) is 11.8 Å². The van der Waals surface area contributed by atoms with Gasteiger partial charge in [-0.25, -0.2) is 9.97 Å². The lowest BCUT2D eigenvalue weighted by molar-refractivity contribution is 0.328. The number of piperidine rings is 1. The third-order valence-corrected chi connectivity index (χ3v) is 4.34. The van der Waals surface area contributed by atoms with Crippen molar-refractivity contribution in [1.82, 2.24) is 15.3 Å². The minimum atomic E-state index is 0.219. The maximum atomic E-state index is 4.41. The Kier molecular flexibility index (Phi) is 5.27. The highest BCUT2D eigenvalue weighted by Gasteiger charge is 2.21. The summed E-state index contributed by atoms with van der Waals surface area (Å²) in [7, 11) is 0. The second-order valence-corrected chi connectivity index (χ2v) is 7.31. The van der Waals surface area contributed by atoms with E-state index in [1.807, 2.05) is 0 Å². The largest absolute Gasteiger partial charge is 0.356 e. The summed E-state index contributed by atoms with van der Waals surface area (Å²) in [6, 6.07) is 2.10. The molecular weight excluding hydrogens is 268 g/mol. The van der Waals surface area contributed by atoms with E-state index in [0.29, 0.717) is 0 Å². The molecular formula is C15H26N4S. The van der Waals surface area contributed by atoms with E-state index in [0.717, 1.165) is 36.4 Å². The average Bonchev–Trinajstić information content (AvgIpc) is 2.45.